The molecule has 3 nitrogen and oxygen atoms in total. The first-order valence-electron chi connectivity index (χ1n) is 5.21. The molecule has 0 saturated carbocycles. The van der Waals surface area contributed by atoms with Crippen molar-refractivity contribution in [2.45, 2.75) is 39.5 Å². The third kappa shape index (κ3) is 18.3. The first kappa shape index (κ1) is 16.9. The highest BCUT2D eigenvalue weighted by molar-refractivity contribution is 8.09. The topological polar surface area (TPSA) is 55.5 Å². The van der Waals surface area contributed by atoms with E-state index in [2.05, 4.69) is 0 Å². The van der Waals surface area contributed by atoms with E-state index in [0.29, 0.717) is 6.61 Å². The van der Waals surface area contributed by atoms with E-state index in [1.165, 1.54) is 0 Å². The molecular formula is C9H24NO2PS. The fraction of sp³-hybridized carbons (Fsp3) is 1.00. The van der Waals surface area contributed by atoms with E-state index < -0.39 is 6.49 Å². The Kier molecular flexibility index (Phi) is 14.0. The van der Waals surface area contributed by atoms with E-state index in [1.54, 1.807) is 6.66 Å². The van der Waals surface area contributed by atoms with Crippen molar-refractivity contribution in [3.63, 3.8) is 0 Å². The predicted octanol–water partition coefficient (Wildman–Crippen LogP) is 2.48. The number of rotatable bonds is 7. The maximum absolute atomic E-state index is 9.10. The zero-order chi connectivity index (χ0) is 11.4. The summed E-state index contributed by atoms with van der Waals surface area (Å²) < 4.78 is 5.06. The minimum absolute atomic E-state index is 0.578. The summed E-state index contributed by atoms with van der Waals surface area (Å²) in [7, 11) is 0. The van der Waals surface area contributed by atoms with Crippen molar-refractivity contribution < 1.29 is 9.42 Å². The molecule has 0 saturated heterocycles. The van der Waals surface area contributed by atoms with Crippen molar-refractivity contribution in [2.75, 3.05) is 19.8 Å². The van der Waals surface area contributed by atoms with Crippen LogP contribution in [-0.2, 0) is 16.3 Å². The molecule has 0 aliphatic heterocycles. The Labute approximate surface area is 93.2 Å². The Balaban J connectivity index is 0. The highest BCUT2D eigenvalue weighted by Gasteiger charge is 2.02. The van der Waals surface area contributed by atoms with Crippen LogP contribution in [0.5, 0.6) is 0 Å². The molecule has 0 rings (SSSR count). The van der Waals surface area contributed by atoms with Gasteiger partial charge in [0.25, 0.3) is 0 Å². The van der Waals surface area contributed by atoms with Gasteiger partial charge in [0.15, 0.2) is 6.49 Å². The van der Waals surface area contributed by atoms with Crippen molar-refractivity contribution >= 4 is 18.3 Å². The SMILES string of the molecule is CC.CP(O)(=S)OCCCCCCN. The summed E-state index contributed by atoms with van der Waals surface area (Å²) in [5, 5.41) is 0. The van der Waals surface area contributed by atoms with E-state index in [4.69, 9.17) is 27.0 Å². The van der Waals surface area contributed by atoms with Crippen molar-refractivity contribution in [3.05, 3.63) is 0 Å². The summed E-state index contributed by atoms with van der Waals surface area (Å²) in [6.07, 6.45) is 4.27. The average Bonchev–Trinajstić information content (AvgIpc) is 2.13. The molecule has 0 fully saturated rings. The molecule has 0 aromatic rings. The molecule has 0 aromatic heterocycles. The molecule has 0 amide bonds. The first-order valence-corrected chi connectivity index (χ1v) is 8.33. The van der Waals surface area contributed by atoms with E-state index in [-0.39, 0.29) is 0 Å². The van der Waals surface area contributed by atoms with Crippen LogP contribution in [0.25, 0.3) is 0 Å². The van der Waals surface area contributed by atoms with Crippen LogP contribution in [0.15, 0.2) is 0 Å². The Bertz CT molecular complexity index is 150. The first-order chi connectivity index (χ1) is 6.56. The van der Waals surface area contributed by atoms with Crippen LogP contribution in [-0.4, -0.2) is 24.7 Å². The molecule has 5 heteroatoms. The summed E-state index contributed by atoms with van der Waals surface area (Å²) in [6.45, 7) is 4.49. The van der Waals surface area contributed by atoms with Gasteiger partial charge in [-0.1, -0.05) is 26.7 Å². The van der Waals surface area contributed by atoms with E-state index >= 15 is 0 Å². The monoisotopic (exact) mass is 241 g/mol. The molecule has 0 aromatic carbocycles. The highest BCUT2D eigenvalue weighted by Crippen LogP contribution is 2.36. The maximum Gasteiger partial charge on any atom is 0.183 e. The van der Waals surface area contributed by atoms with Crippen LogP contribution in [0, 0.1) is 0 Å². The van der Waals surface area contributed by atoms with Gasteiger partial charge in [-0.05, 0) is 31.2 Å². The number of nitrogens with two attached hydrogens (primary N) is 1. The average molecular weight is 241 g/mol. The second kappa shape index (κ2) is 11.6. The standard InChI is InChI=1S/C7H18NO2PS.C2H6/c1-11(9,12)10-7-5-3-2-4-6-8;1-2/h2-8H2,1H3,(H,9,12);1-2H3. The lowest BCUT2D eigenvalue weighted by molar-refractivity contribution is 0.300. The van der Waals surface area contributed by atoms with Gasteiger partial charge in [-0.2, -0.15) is 0 Å². The van der Waals surface area contributed by atoms with E-state index in [9.17, 15) is 0 Å². The Hall–Kier alpha value is 0.530. The lowest BCUT2D eigenvalue weighted by Gasteiger charge is -2.09. The molecule has 1 unspecified atom stereocenters. The zero-order valence-corrected chi connectivity index (χ0v) is 11.2. The maximum atomic E-state index is 9.10. The highest BCUT2D eigenvalue weighted by atomic mass is 32.5. The molecule has 0 heterocycles. The smallest absolute Gasteiger partial charge is 0.183 e. The lowest BCUT2D eigenvalue weighted by Crippen LogP contribution is -1.98. The van der Waals surface area contributed by atoms with Gasteiger partial charge in [0.1, 0.15) is 0 Å². The van der Waals surface area contributed by atoms with Crippen LogP contribution in [0.3, 0.4) is 0 Å². The Morgan fingerprint density at radius 1 is 1.21 bits per heavy atom. The molecule has 0 radical (unpaired) electrons. The minimum atomic E-state index is -2.41. The van der Waals surface area contributed by atoms with Gasteiger partial charge < -0.3 is 15.2 Å². The van der Waals surface area contributed by atoms with Gasteiger partial charge in [-0.3, -0.25) is 0 Å². The largest absolute Gasteiger partial charge is 0.345 e. The van der Waals surface area contributed by atoms with Crippen LogP contribution in [0.4, 0.5) is 0 Å². The molecule has 0 aliphatic rings. The summed E-state index contributed by atoms with van der Waals surface area (Å²) in [6, 6.07) is 0. The van der Waals surface area contributed by atoms with Crippen LogP contribution in [0.2, 0.25) is 0 Å². The number of hydrogen-bond acceptors (Lipinski definition) is 3. The molecule has 0 spiro atoms. The Morgan fingerprint density at radius 2 is 1.71 bits per heavy atom. The molecule has 1 atom stereocenters. The summed E-state index contributed by atoms with van der Waals surface area (Å²) in [5.41, 5.74) is 5.33. The quantitative estimate of drug-likeness (QED) is 0.531. The van der Waals surface area contributed by atoms with Crippen molar-refractivity contribution in [3.8, 4) is 0 Å². The van der Waals surface area contributed by atoms with Crippen LogP contribution >= 0.6 is 6.49 Å². The van der Waals surface area contributed by atoms with Gasteiger partial charge in [0, 0.05) is 6.66 Å². The number of hydrogen-bond donors (Lipinski definition) is 2. The third-order valence-electron chi connectivity index (χ3n) is 1.43. The summed E-state index contributed by atoms with van der Waals surface area (Å²) >= 11 is 4.71. The third-order valence-corrected chi connectivity index (χ3v) is 2.41. The fourth-order valence-corrected chi connectivity index (χ4v) is 1.53. The van der Waals surface area contributed by atoms with Crippen molar-refractivity contribution in [2.24, 2.45) is 5.73 Å². The number of unbranched alkanes of at least 4 members (excludes halogenated alkanes) is 3. The summed E-state index contributed by atoms with van der Waals surface area (Å²) in [5.74, 6) is 0. The van der Waals surface area contributed by atoms with Gasteiger partial charge in [0.2, 0.25) is 0 Å². The molecule has 0 bridgehead atoms. The van der Waals surface area contributed by atoms with Gasteiger partial charge in [0.05, 0.1) is 6.61 Å². The van der Waals surface area contributed by atoms with Crippen molar-refractivity contribution in [1.82, 2.24) is 0 Å². The lowest BCUT2D eigenvalue weighted by atomic mass is 10.2. The normalized spacial score (nSPS) is 14.1. The molecule has 14 heavy (non-hydrogen) atoms. The second-order valence-corrected chi connectivity index (χ2v) is 6.74. The van der Waals surface area contributed by atoms with Crippen molar-refractivity contribution in [1.29, 1.82) is 0 Å². The van der Waals surface area contributed by atoms with Gasteiger partial charge in [-0.15, -0.1) is 0 Å². The van der Waals surface area contributed by atoms with Crippen LogP contribution in [0.1, 0.15) is 39.5 Å². The summed E-state index contributed by atoms with van der Waals surface area (Å²) in [4.78, 5) is 9.10. The van der Waals surface area contributed by atoms with E-state index in [0.717, 1.165) is 32.2 Å². The second-order valence-electron chi connectivity index (χ2n) is 2.84. The van der Waals surface area contributed by atoms with Crippen LogP contribution < -0.4 is 5.73 Å². The molecule has 3 N–H and O–H groups in total. The van der Waals surface area contributed by atoms with E-state index in [1.807, 2.05) is 13.8 Å². The zero-order valence-electron chi connectivity index (χ0n) is 9.53. The predicted molar refractivity (Wildman–Crippen MR) is 67.3 cm³/mol. The molecule has 0 aliphatic carbocycles. The Morgan fingerprint density at radius 3 is 2.14 bits per heavy atom. The van der Waals surface area contributed by atoms with Gasteiger partial charge >= 0.3 is 0 Å². The molecular weight excluding hydrogens is 217 g/mol. The minimum Gasteiger partial charge on any atom is -0.345 e. The van der Waals surface area contributed by atoms with Gasteiger partial charge in [-0.25, -0.2) is 0 Å². The molecule has 88 valence electrons. The fourth-order valence-electron chi connectivity index (χ4n) is 0.834.